The normalized spacial score (nSPS) is 16.3. The number of carbonyl (C=O) groups is 1. The number of hydrogen-bond donors (Lipinski definition) is 0. The fraction of sp³-hybridized carbons (Fsp3) is 0.474. The highest BCUT2D eigenvalue weighted by atomic mass is 19.1. The highest BCUT2D eigenvalue weighted by Crippen LogP contribution is 2.21. The fourth-order valence-corrected chi connectivity index (χ4v) is 3.44. The second kappa shape index (κ2) is 7.35. The van der Waals surface area contributed by atoms with E-state index in [1.807, 2.05) is 13.0 Å². The number of rotatable bonds is 4. The predicted octanol–water partition coefficient (Wildman–Crippen LogP) is 2.45. The molecule has 1 aliphatic heterocycles. The third-order valence-electron chi connectivity index (χ3n) is 4.86. The standard InChI is InChI=1S/C19H23FN2O3/c1-3-25-19(24)13-6-8-22(9-7-13)12-15-10-14-4-5-16(20)11-17(14)21(2)18(15)23/h4-5,10-11,13H,3,6-9,12H2,1-2H3. The SMILES string of the molecule is CCOC(=O)C1CCN(Cc2cc3ccc(F)cc3n(C)c2=O)CC1. The Hall–Kier alpha value is -2.21. The molecule has 0 aliphatic carbocycles. The maximum Gasteiger partial charge on any atom is 0.309 e. The zero-order valence-electron chi connectivity index (χ0n) is 14.6. The number of aromatic nitrogens is 1. The maximum atomic E-state index is 13.4. The van der Waals surface area contributed by atoms with Crippen LogP contribution in [-0.4, -0.2) is 35.1 Å². The smallest absolute Gasteiger partial charge is 0.309 e. The summed E-state index contributed by atoms with van der Waals surface area (Å²) in [4.78, 5) is 26.6. The van der Waals surface area contributed by atoms with Crippen LogP contribution in [0.2, 0.25) is 0 Å². The van der Waals surface area contributed by atoms with Gasteiger partial charge < -0.3 is 9.30 Å². The molecule has 0 unspecified atom stereocenters. The van der Waals surface area contributed by atoms with Crippen molar-refractivity contribution in [3.63, 3.8) is 0 Å². The van der Waals surface area contributed by atoms with Crippen LogP contribution in [0.1, 0.15) is 25.3 Å². The van der Waals surface area contributed by atoms with Crippen LogP contribution < -0.4 is 5.56 Å². The molecule has 0 atom stereocenters. The Morgan fingerprint density at radius 3 is 2.68 bits per heavy atom. The summed E-state index contributed by atoms with van der Waals surface area (Å²) in [6.45, 7) is 4.28. The van der Waals surface area contributed by atoms with Crippen molar-refractivity contribution in [1.29, 1.82) is 0 Å². The minimum absolute atomic E-state index is 0.0430. The molecule has 6 heteroatoms. The molecule has 2 heterocycles. The van der Waals surface area contributed by atoms with Gasteiger partial charge in [0, 0.05) is 19.2 Å². The van der Waals surface area contributed by atoms with E-state index >= 15 is 0 Å². The Kier molecular flexibility index (Phi) is 5.18. The summed E-state index contributed by atoms with van der Waals surface area (Å²) in [5.41, 5.74) is 1.18. The molecule has 134 valence electrons. The summed E-state index contributed by atoms with van der Waals surface area (Å²) in [7, 11) is 1.67. The number of ether oxygens (including phenoxy) is 1. The van der Waals surface area contributed by atoms with Gasteiger partial charge in [-0.2, -0.15) is 0 Å². The van der Waals surface area contributed by atoms with Gasteiger partial charge in [-0.05, 0) is 62.5 Å². The van der Waals surface area contributed by atoms with Gasteiger partial charge in [0.1, 0.15) is 5.82 Å². The highest BCUT2D eigenvalue weighted by molar-refractivity contribution is 5.79. The van der Waals surface area contributed by atoms with Crippen molar-refractivity contribution >= 4 is 16.9 Å². The minimum atomic E-state index is -0.351. The number of hydrogen-bond acceptors (Lipinski definition) is 4. The number of piperidine rings is 1. The lowest BCUT2D eigenvalue weighted by molar-refractivity contribution is -0.149. The second-order valence-corrected chi connectivity index (χ2v) is 6.54. The summed E-state index contributed by atoms with van der Waals surface area (Å²) in [6, 6.07) is 6.32. The van der Waals surface area contributed by atoms with Crippen molar-refractivity contribution in [2.24, 2.45) is 13.0 Å². The third kappa shape index (κ3) is 3.74. The van der Waals surface area contributed by atoms with Gasteiger partial charge in [0.05, 0.1) is 18.0 Å². The van der Waals surface area contributed by atoms with Crippen LogP contribution in [-0.2, 0) is 23.1 Å². The zero-order valence-corrected chi connectivity index (χ0v) is 14.6. The number of benzene rings is 1. The molecule has 2 aromatic rings. The molecule has 0 spiro atoms. The first-order valence-corrected chi connectivity index (χ1v) is 8.66. The van der Waals surface area contributed by atoms with Crippen LogP contribution in [0.5, 0.6) is 0 Å². The van der Waals surface area contributed by atoms with E-state index in [0.29, 0.717) is 24.2 Å². The van der Waals surface area contributed by atoms with E-state index in [2.05, 4.69) is 4.90 Å². The average Bonchev–Trinajstić information content (AvgIpc) is 2.61. The van der Waals surface area contributed by atoms with E-state index in [0.717, 1.165) is 31.3 Å². The largest absolute Gasteiger partial charge is 0.466 e. The van der Waals surface area contributed by atoms with Crippen LogP contribution in [0.15, 0.2) is 29.1 Å². The third-order valence-corrected chi connectivity index (χ3v) is 4.86. The van der Waals surface area contributed by atoms with Crippen LogP contribution in [0.25, 0.3) is 10.9 Å². The number of likely N-dealkylation sites (tertiary alicyclic amines) is 1. The first-order chi connectivity index (χ1) is 12.0. The number of carbonyl (C=O) groups excluding carboxylic acids is 1. The molecule has 0 radical (unpaired) electrons. The van der Waals surface area contributed by atoms with E-state index in [1.54, 1.807) is 13.1 Å². The van der Waals surface area contributed by atoms with E-state index in [4.69, 9.17) is 4.74 Å². The molecule has 0 saturated carbocycles. The number of halogens is 1. The van der Waals surface area contributed by atoms with Gasteiger partial charge in [0.25, 0.3) is 5.56 Å². The van der Waals surface area contributed by atoms with Gasteiger partial charge in [-0.1, -0.05) is 0 Å². The molecule has 3 rings (SSSR count). The summed E-state index contributed by atoms with van der Waals surface area (Å²) in [6.07, 6.45) is 1.50. The molecule has 0 amide bonds. The number of pyridine rings is 1. The minimum Gasteiger partial charge on any atom is -0.466 e. The first-order valence-electron chi connectivity index (χ1n) is 8.66. The maximum absolute atomic E-state index is 13.4. The Labute approximate surface area is 146 Å². The van der Waals surface area contributed by atoms with Crippen molar-refractivity contribution in [3.8, 4) is 0 Å². The lowest BCUT2D eigenvalue weighted by Gasteiger charge is -2.30. The average molecular weight is 346 g/mol. The zero-order chi connectivity index (χ0) is 18.0. The number of aryl methyl sites for hydroxylation is 1. The van der Waals surface area contributed by atoms with Gasteiger partial charge in [-0.25, -0.2) is 4.39 Å². The Morgan fingerprint density at radius 1 is 1.28 bits per heavy atom. The fourth-order valence-electron chi connectivity index (χ4n) is 3.44. The molecule has 1 fully saturated rings. The van der Waals surface area contributed by atoms with E-state index < -0.39 is 0 Å². The van der Waals surface area contributed by atoms with E-state index in [1.165, 1.54) is 16.7 Å². The van der Waals surface area contributed by atoms with Crippen molar-refractivity contribution in [2.45, 2.75) is 26.3 Å². The van der Waals surface area contributed by atoms with Gasteiger partial charge in [-0.15, -0.1) is 0 Å². The Bertz CT molecular complexity index is 838. The molecular weight excluding hydrogens is 323 g/mol. The lowest BCUT2D eigenvalue weighted by Crippen LogP contribution is -2.38. The van der Waals surface area contributed by atoms with Gasteiger partial charge in [0.15, 0.2) is 0 Å². The molecule has 1 aromatic heterocycles. The predicted molar refractivity (Wildman–Crippen MR) is 93.8 cm³/mol. The van der Waals surface area contributed by atoms with Crippen molar-refractivity contribution in [3.05, 3.63) is 46.0 Å². The Balaban J connectivity index is 1.74. The van der Waals surface area contributed by atoms with Crippen LogP contribution >= 0.6 is 0 Å². The van der Waals surface area contributed by atoms with Crippen LogP contribution in [0.4, 0.5) is 4.39 Å². The molecule has 25 heavy (non-hydrogen) atoms. The van der Waals surface area contributed by atoms with Crippen LogP contribution in [0, 0.1) is 11.7 Å². The highest BCUT2D eigenvalue weighted by Gasteiger charge is 2.26. The van der Waals surface area contributed by atoms with Gasteiger partial charge in [0.2, 0.25) is 0 Å². The molecule has 1 aliphatic rings. The topological polar surface area (TPSA) is 51.5 Å². The number of nitrogens with zero attached hydrogens (tertiary/aromatic N) is 2. The van der Waals surface area contributed by atoms with Crippen molar-refractivity contribution < 1.29 is 13.9 Å². The molecule has 1 aromatic carbocycles. The summed E-state index contributed by atoms with van der Waals surface area (Å²) >= 11 is 0. The second-order valence-electron chi connectivity index (χ2n) is 6.54. The van der Waals surface area contributed by atoms with Gasteiger partial charge >= 0.3 is 5.97 Å². The van der Waals surface area contributed by atoms with Gasteiger partial charge in [-0.3, -0.25) is 14.5 Å². The molecule has 5 nitrogen and oxygen atoms in total. The molecule has 1 saturated heterocycles. The van der Waals surface area contributed by atoms with Crippen molar-refractivity contribution in [1.82, 2.24) is 9.47 Å². The Morgan fingerprint density at radius 2 is 2.00 bits per heavy atom. The molecular formula is C19H23FN2O3. The summed E-state index contributed by atoms with van der Waals surface area (Å²) in [5, 5.41) is 0.847. The summed E-state index contributed by atoms with van der Waals surface area (Å²) in [5.74, 6) is -0.513. The first kappa shape index (κ1) is 17.6. The molecule has 0 bridgehead atoms. The van der Waals surface area contributed by atoms with Crippen molar-refractivity contribution in [2.75, 3.05) is 19.7 Å². The number of fused-ring (bicyclic) bond motifs is 1. The van der Waals surface area contributed by atoms with E-state index in [9.17, 15) is 14.0 Å². The lowest BCUT2D eigenvalue weighted by atomic mass is 9.96. The quantitative estimate of drug-likeness (QED) is 0.798. The molecule has 0 N–H and O–H groups in total. The van der Waals surface area contributed by atoms with Crippen LogP contribution in [0.3, 0.4) is 0 Å². The monoisotopic (exact) mass is 346 g/mol. The summed E-state index contributed by atoms with van der Waals surface area (Å²) < 4.78 is 20.0. The van der Waals surface area contributed by atoms with E-state index in [-0.39, 0.29) is 23.3 Å². The number of esters is 1.